The van der Waals surface area contributed by atoms with Crippen molar-refractivity contribution in [2.24, 2.45) is 0 Å². The molecule has 138 valence electrons. The average Bonchev–Trinajstić information content (AvgIpc) is 3.13. The Morgan fingerprint density at radius 2 is 2.23 bits per heavy atom. The minimum absolute atomic E-state index is 0.0520. The Kier molecular flexibility index (Phi) is 6.33. The van der Waals surface area contributed by atoms with E-state index in [1.807, 2.05) is 37.7 Å². The van der Waals surface area contributed by atoms with Crippen LogP contribution < -0.4 is 14.8 Å². The lowest BCUT2D eigenvalue weighted by molar-refractivity contribution is 0.0943. The maximum atomic E-state index is 12.6. The minimum Gasteiger partial charge on any atom is -0.475 e. The Bertz CT molecular complexity index is 748. The molecule has 1 saturated heterocycles. The van der Waals surface area contributed by atoms with Gasteiger partial charge in [0.15, 0.2) is 0 Å². The van der Waals surface area contributed by atoms with Crippen molar-refractivity contribution in [3.8, 4) is 11.8 Å². The minimum atomic E-state index is -0.207. The number of carbonyl (C=O) groups excluding carboxylic acids is 1. The van der Waals surface area contributed by atoms with E-state index >= 15 is 0 Å². The molecular formula is C19H23N3O3S. The highest BCUT2D eigenvalue weighted by Gasteiger charge is 2.21. The van der Waals surface area contributed by atoms with Crippen LogP contribution in [0, 0.1) is 0 Å². The molecule has 3 rings (SSSR count). The summed E-state index contributed by atoms with van der Waals surface area (Å²) in [6.07, 6.45) is 4.48. The molecule has 2 aromatic rings. The van der Waals surface area contributed by atoms with Crippen LogP contribution in [0.4, 0.5) is 0 Å². The van der Waals surface area contributed by atoms with Crippen molar-refractivity contribution in [1.82, 2.24) is 15.3 Å². The highest BCUT2D eigenvalue weighted by molar-refractivity contribution is 7.99. The van der Waals surface area contributed by atoms with Gasteiger partial charge in [0.05, 0.1) is 6.10 Å². The summed E-state index contributed by atoms with van der Waals surface area (Å²) in [5.41, 5.74) is 1.37. The maximum Gasteiger partial charge on any atom is 0.257 e. The van der Waals surface area contributed by atoms with E-state index in [0.29, 0.717) is 23.9 Å². The van der Waals surface area contributed by atoms with Crippen LogP contribution in [0.15, 0.2) is 36.7 Å². The number of rotatable bonds is 7. The average molecular weight is 373 g/mol. The summed E-state index contributed by atoms with van der Waals surface area (Å²) in [5, 5.41) is 2.91. The van der Waals surface area contributed by atoms with E-state index in [0.717, 1.165) is 23.5 Å². The number of thioether (sulfide) groups is 1. The van der Waals surface area contributed by atoms with Gasteiger partial charge in [0, 0.05) is 30.8 Å². The smallest absolute Gasteiger partial charge is 0.257 e. The van der Waals surface area contributed by atoms with Gasteiger partial charge < -0.3 is 14.8 Å². The second kappa shape index (κ2) is 8.89. The van der Waals surface area contributed by atoms with Crippen LogP contribution in [0.25, 0.3) is 0 Å². The molecule has 7 heteroatoms. The van der Waals surface area contributed by atoms with Crippen molar-refractivity contribution in [3.63, 3.8) is 0 Å². The summed E-state index contributed by atoms with van der Waals surface area (Å²) < 4.78 is 11.5. The molecule has 1 unspecified atom stereocenters. The molecule has 0 spiro atoms. The van der Waals surface area contributed by atoms with Crippen molar-refractivity contribution in [2.75, 3.05) is 11.5 Å². The van der Waals surface area contributed by atoms with Crippen LogP contribution in [-0.4, -0.2) is 39.6 Å². The lowest BCUT2D eigenvalue weighted by Crippen LogP contribution is -2.25. The number of pyridine rings is 2. The number of nitrogens with one attached hydrogen (secondary N) is 1. The van der Waals surface area contributed by atoms with Crippen LogP contribution in [0.3, 0.4) is 0 Å². The zero-order valence-electron chi connectivity index (χ0n) is 15.0. The fraction of sp³-hybridized carbons (Fsp3) is 0.421. The molecule has 2 aromatic heterocycles. The molecule has 0 saturated carbocycles. The zero-order valence-corrected chi connectivity index (χ0v) is 15.8. The number of hydrogen-bond acceptors (Lipinski definition) is 6. The summed E-state index contributed by atoms with van der Waals surface area (Å²) in [5.74, 6) is 2.77. The predicted molar refractivity (Wildman–Crippen MR) is 102 cm³/mol. The predicted octanol–water partition coefficient (Wildman–Crippen LogP) is 3.08. The van der Waals surface area contributed by atoms with Gasteiger partial charge in [-0.3, -0.25) is 4.79 Å². The third-order valence-corrected chi connectivity index (χ3v) is 4.92. The molecule has 1 fully saturated rings. The van der Waals surface area contributed by atoms with Gasteiger partial charge in [0.25, 0.3) is 5.91 Å². The third-order valence-electron chi connectivity index (χ3n) is 3.79. The van der Waals surface area contributed by atoms with Crippen molar-refractivity contribution < 1.29 is 14.3 Å². The van der Waals surface area contributed by atoms with Crippen LogP contribution >= 0.6 is 11.8 Å². The van der Waals surface area contributed by atoms with E-state index in [2.05, 4.69) is 15.3 Å². The van der Waals surface area contributed by atoms with Gasteiger partial charge >= 0.3 is 0 Å². The number of carbonyl (C=O) groups is 1. The van der Waals surface area contributed by atoms with Crippen molar-refractivity contribution in [2.45, 2.75) is 39.0 Å². The van der Waals surface area contributed by atoms with Crippen LogP contribution in [-0.2, 0) is 6.54 Å². The molecule has 6 nitrogen and oxygen atoms in total. The van der Waals surface area contributed by atoms with Crippen LogP contribution in [0.2, 0.25) is 0 Å². The van der Waals surface area contributed by atoms with E-state index in [1.165, 1.54) is 0 Å². The Morgan fingerprint density at radius 1 is 1.35 bits per heavy atom. The highest BCUT2D eigenvalue weighted by Crippen LogP contribution is 2.24. The molecule has 26 heavy (non-hydrogen) atoms. The van der Waals surface area contributed by atoms with Gasteiger partial charge in [-0.15, -0.1) is 0 Å². The molecule has 1 atom stereocenters. The normalized spacial score (nSPS) is 16.5. The van der Waals surface area contributed by atoms with Crippen molar-refractivity contribution in [3.05, 3.63) is 47.8 Å². The highest BCUT2D eigenvalue weighted by atomic mass is 32.2. The lowest BCUT2D eigenvalue weighted by atomic mass is 10.2. The zero-order chi connectivity index (χ0) is 18.4. The molecule has 1 aliphatic heterocycles. The number of aromatic nitrogens is 2. The fourth-order valence-electron chi connectivity index (χ4n) is 2.57. The SMILES string of the molecule is CC(C)Oc1cc(CNC(=O)c2cccnc2OC2CCSC2)ccn1. The largest absolute Gasteiger partial charge is 0.475 e. The van der Waals surface area contributed by atoms with E-state index in [4.69, 9.17) is 9.47 Å². The topological polar surface area (TPSA) is 73.3 Å². The van der Waals surface area contributed by atoms with Gasteiger partial charge in [0.2, 0.25) is 11.8 Å². The fourth-order valence-corrected chi connectivity index (χ4v) is 3.66. The van der Waals surface area contributed by atoms with Gasteiger partial charge in [-0.05, 0) is 49.8 Å². The van der Waals surface area contributed by atoms with E-state index in [9.17, 15) is 4.79 Å². The van der Waals surface area contributed by atoms with Crippen LogP contribution in [0.5, 0.6) is 11.8 Å². The molecular weight excluding hydrogens is 350 g/mol. The molecule has 3 heterocycles. The lowest BCUT2D eigenvalue weighted by Gasteiger charge is -2.15. The second-order valence-corrected chi connectivity index (χ2v) is 7.46. The number of ether oxygens (including phenoxy) is 2. The summed E-state index contributed by atoms with van der Waals surface area (Å²) in [7, 11) is 0. The first-order chi connectivity index (χ1) is 12.6. The van der Waals surface area contributed by atoms with Gasteiger partial charge in [0.1, 0.15) is 11.7 Å². The summed E-state index contributed by atoms with van der Waals surface area (Å²) in [6.45, 7) is 4.27. The van der Waals surface area contributed by atoms with E-state index in [1.54, 1.807) is 24.5 Å². The van der Waals surface area contributed by atoms with Crippen molar-refractivity contribution in [1.29, 1.82) is 0 Å². The number of amides is 1. The monoisotopic (exact) mass is 373 g/mol. The van der Waals surface area contributed by atoms with Gasteiger partial charge in [-0.2, -0.15) is 11.8 Å². The first kappa shape index (κ1) is 18.5. The van der Waals surface area contributed by atoms with E-state index in [-0.39, 0.29) is 18.1 Å². The van der Waals surface area contributed by atoms with Gasteiger partial charge in [-0.25, -0.2) is 9.97 Å². The molecule has 1 aliphatic rings. The quantitative estimate of drug-likeness (QED) is 0.804. The molecule has 0 bridgehead atoms. The number of hydrogen-bond donors (Lipinski definition) is 1. The Balaban J connectivity index is 1.63. The van der Waals surface area contributed by atoms with Gasteiger partial charge in [-0.1, -0.05) is 0 Å². The molecule has 0 aliphatic carbocycles. The third kappa shape index (κ3) is 5.11. The summed E-state index contributed by atoms with van der Waals surface area (Å²) in [6, 6.07) is 7.16. The standard InChI is InChI=1S/C19H23N3O3S/c1-13(2)24-17-10-14(5-8-20-17)11-22-18(23)16-4-3-7-21-19(16)25-15-6-9-26-12-15/h3-5,7-8,10,13,15H,6,9,11-12H2,1-2H3,(H,22,23). The molecule has 1 amide bonds. The molecule has 1 N–H and O–H groups in total. The Hall–Kier alpha value is -2.28. The van der Waals surface area contributed by atoms with Crippen LogP contribution in [0.1, 0.15) is 36.2 Å². The molecule has 0 radical (unpaired) electrons. The first-order valence-corrected chi connectivity index (χ1v) is 9.86. The number of nitrogens with zero attached hydrogens (tertiary/aromatic N) is 2. The maximum absolute atomic E-state index is 12.6. The van der Waals surface area contributed by atoms with Crippen molar-refractivity contribution >= 4 is 17.7 Å². The second-order valence-electron chi connectivity index (χ2n) is 6.31. The Labute approximate surface area is 157 Å². The summed E-state index contributed by atoms with van der Waals surface area (Å²) >= 11 is 1.86. The molecule has 0 aromatic carbocycles. The Morgan fingerprint density at radius 3 is 3.00 bits per heavy atom. The van der Waals surface area contributed by atoms with E-state index < -0.39 is 0 Å². The summed E-state index contributed by atoms with van der Waals surface area (Å²) in [4.78, 5) is 21.0. The first-order valence-electron chi connectivity index (χ1n) is 8.71.